The molecule has 2 amide bonds. The zero-order chi connectivity index (χ0) is 28.3. The maximum Gasteiger partial charge on any atom is 0.310 e. The van der Waals surface area contributed by atoms with Crippen molar-refractivity contribution >= 4 is 68.2 Å². The SMILES string of the molecule is O=C(Nc1ccc(F)cc1F)c1cc(NC(=O)[C@H]2[C@H](c3cccc(S(F)(F)(F)(F)F)c3)C2(Cl)Cl)ccc1Cl. The van der Waals surface area contributed by atoms with Gasteiger partial charge in [-0.05, 0) is 48.0 Å². The molecule has 0 spiro atoms. The Morgan fingerprint density at radius 1 is 0.868 bits per heavy atom. The van der Waals surface area contributed by atoms with Crippen molar-refractivity contribution in [2.45, 2.75) is 15.1 Å². The van der Waals surface area contributed by atoms with Gasteiger partial charge in [-0.15, -0.1) is 23.2 Å². The van der Waals surface area contributed by atoms with Gasteiger partial charge in [0.05, 0.1) is 22.2 Å². The molecule has 0 radical (unpaired) electrons. The van der Waals surface area contributed by atoms with E-state index in [1.807, 2.05) is 0 Å². The fraction of sp³-hybridized carbons (Fsp3) is 0.130. The third-order valence-corrected chi connectivity index (χ3v) is 8.07. The molecule has 2 atom stereocenters. The van der Waals surface area contributed by atoms with E-state index < -0.39 is 54.7 Å². The highest BCUT2D eigenvalue weighted by atomic mass is 35.5. The number of hydrogen-bond acceptors (Lipinski definition) is 2. The van der Waals surface area contributed by atoms with Crippen LogP contribution in [0.5, 0.6) is 0 Å². The fourth-order valence-corrected chi connectivity index (χ4v) is 5.52. The Labute approximate surface area is 225 Å². The molecule has 1 fully saturated rings. The second kappa shape index (κ2) is 8.67. The van der Waals surface area contributed by atoms with Crippen LogP contribution in [0.25, 0.3) is 0 Å². The summed E-state index contributed by atoms with van der Waals surface area (Å²) >= 11 is 18.3. The molecule has 1 aliphatic carbocycles. The number of hydrogen-bond donors (Lipinski definition) is 2. The highest BCUT2D eigenvalue weighted by Crippen LogP contribution is 3.02. The van der Waals surface area contributed by atoms with Gasteiger partial charge < -0.3 is 10.6 Å². The third kappa shape index (κ3) is 5.83. The largest absolute Gasteiger partial charge is 0.326 e. The number of anilines is 2. The smallest absolute Gasteiger partial charge is 0.310 e. The molecule has 0 saturated heterocycles. The fourth-order valence-electron chi connectivity index (χ4n) is 3.79. The molecule has 0 heterocycles. The first-order chi connectivity index (χ1) is 17.3. The number of alkyl halides is 2. The van der Waals surface area contributed by atoms with E-state index in [0.717, 1.165) is 30.3 Å². The number of benzene rings is 3. The number of carbonyl (C=O) groups excluding carboxylic acids is 2. The van der Waals surface area contributed by atoms with Gasteiger partial charge in [0.25, 0.3) is 5.91 Å². The molecule has 3 aromatic rings. The predicted octanol–water partition coefficient (Wildman–Crippen LogP) is 9.05. The monoisotopic (exact) mass is 620 g/mol. The van der Waals surface area contributed by atoms with Crippen molar-refractivity contribution in [3.63, 3.8) is 0 Å². The van der Waals surface area contributed by atoms with Crippen LogP contribution in [-0.4, -0.2) is 16.1 Å². The maximum atomic E-state index is 13.9. The van der Waals surface area contributed by atoms with Gasteiger partial charge in [0.1, 0.15) is 20.9 Å². The van der Waals surface area contributed by atoms with E-state index in [1.54, 1.807) is 0 Å². The van der Waals surface area contributed by atoms with Crippen LogP contribution in [0, 0.1) is 17.6 Å². The molecule has 15 heteroatoms. The molecule has 4 nitrogen and oxygen atoms in total. The minimum atomic E-state index is -9.99. The number of nitrogens with one attached hydrogen (secondary N) is 2. The van der Waals surface area contributed by atoms with Crippen LogP contribution in [0.2, 0.25) is 5.02 Å². The van der Waals surface area contributed by atoms with E-state index >= 15 is 0 Å². The van der Waals surface area contributed by atoms with Crippen LogP contribution in [0.15, 0.2) is 65.6 Å². The standard InChI is InChI=1S/C23H14Cl3F7N2O2S/c24-16-6-5-13(10-15(16)21(36)35-18-7-4-12(27)9-17(18)28)34-22(37)20-19(23(20,25)26)11-2-1-3-14(8-11)38(29,30,31,32)33/h1-10,19-20H,(H,34,37)(H,35,36)/t19-,20+/m0/s1. The first kappa shape index (κ1) is 28.3. The summed E-state index contributed by atoms with van der Waals surface area (Å²) in [6.07, 6.45) is 0. The van der Waals surface area contributed by atoms with Gasteiger partial charge in [-0.3, -0.25) is 9.59 Å². The summed E-state index contributed by atoms with van der Waals surface area (Å²) in [5.41, 5.74) is -0.893. The third-order valence-electron chi connectivity index (χ3n) is 5.66. The number of amides is 2. The highest BCUT2D eigenvalue weighted by Gasteiger charge is 2.69. The molecule has 38 heavy (non-hydrogen) atoms. The minimum absolute atomic E-state index is 0.0142. The lowest BCUT2D eigenvalue weighted by molar-refractivity contribution is -0.117. The van der Waals surface area contributed by atoms with Crippen LogP contribution in [0.1, 0.15) is 21.8 Å². The van der Waals surface area contributed by atoms with Crippen molar-refractivity contribution in [1.82, 2.24) is 0 Å². The average molecular weight is 622 g/mol. The Morgan fingerprint density at radius 2 is 1.55 bits per heavy atom. The molecule has 4 rings (SSSR count). The van der Waals surface area contributed by atoms with Crippen LogP contribution >= 0.6 is 45.0 Å². The van der Waals surface area contributed by atoms with Gasteiger partial charge in [-0.2, -0.15) is 0 Å². The summed E-state index contributed by atoms with van der Waals surface area (Å²) in [5, 5.41) is 4.50. The van der Waals surface area contributed by atoms with Gasteiger partial charge in [0, 0.05) is 17.7 Å². The van der Waals surface area contributed by atoms with Crippen LogP contribution in [0.4, 0.5) is 39.6 Å². The molecule has 204 valence electrons. The Morgan fingerprint density at radius 3 is 2.18 bits per heavy atom. The average Bonchev–Trinajstić information content (AvgIpc) is 3.37. The molecule has 0 unspecified atom stereocenters. The molecule has 2 N–H and O–H groups in total. The lowest BCUT2D eigenvalue weighted by Crippen LogP contribution is -2.18. The summed E-state index contributed by atoms with van der Waals surface area (Å²) in [7, 11) is -9.99. The van der Waals surface area contributed by atoms with Gasteiger partial charge in [0.15, 0.2) is 0 Å². The summed E-state index contributed by atoms with van der Waals surface area (Å²) in [5.74, 6) is -6.28. The number of carbonyl (C=O) groups is 2. The second-order valence-electron chi connectivity index (χ2n) is 8.43. The van der Waals surface area contributed by atoms with Crippen molar-refractivity contribution in [3.05, 3.63) is 88.4 Å². The van der Waals surface area contributed by atoms with Crippen LogP contribution in [-0.2, 0) is 4.79 Å². The van der Waals surface area contributed by atoms with E-state index in [-0.39, 0.29) is 39.7 Å². The van der Waals surface area contributed by atoms with Crippen LogP contribution in [0.3, 0.4) is 0 Å². The van der Waals surface area contributed by atoms with E-state index in [4.69, 9.17) is 34.8 Å². The Hall–Kier alpha value is -2.67. The Kier molecular flexibility index (Phi) is 6.46. The molecular formula is C23H14Cl3F7N2O2S. The molecule has 1 aliphatic rings. The maximum absolute atomic E-state index is 13.9. The molecular weight excluding hydrogens is 608 g/mol. The Balaban J connectivity index is 1.54. The van der Waals surface area contributed by atoms with Gasteiger partial charge in [-0.25, -0.2) is 8.78 Å². The lowest BCUT2D eigenvalue weighted by Gasteiger charge is -2.40. The van der Waals surface area contributed by atoms with Gasteiger partial charge >= 0.3 is 10.2 Å². The van der Waals surface area contributed by atoms with Crippen molar-refractivity contribution in [3.8, 4) is 0 Å². The summed E-state index contributed by atoms with van der Waals surface area (Å²) < 4.78 is 91.2. The normalized spacial score (nSPS) is 20.2. The molecule has 0 aromatic heterocycles. The number of halogens is 10. The molecule has 0 bridgehead atoms. The Bertz CT molecular complexity index is 1490. The predicted molar refractivity (Wildman–Crippen MR) is 133 cm³/mol. The van der Waals surface area contributed by atoms with E-state index in [0.29, 0.717) is 6.07 Å². The highest BCUT2D eigenvalue weighted by molar-refractivity contribution is 8.45. The van der Waals surface area contributed by atoms with Crippen molar-refractivity contribution in [2.24, 2.45) is 5.92 Å². The lowest BCUT2D eigenvalue weighted by atomic mass is 10.1. The van der Waals surface area contributed by atoms with Gasteiger partial charge in [-0.1, -0.05) is 43.2 Å². The summed E-state index contributed by atoms with van der Waals surface area (Å²) in [6.45, 7) is 0. The first-order valence-electron chi connectivity index (χ1n) is 10.4. The number of rotatable bonds is 6. The van der Waals surface area contributed by atoms with E-state index in [9.17, 15) is 37.8 Å². The second-order valence-corrected chi connectivity index (χ2v) is 12.7. The molecule has 1 saturated carbocycles. The van der Waals surface area contributed by atoms with Crippen molar-refractivity contribution in [2.75, 3.05) is 10.6 Å². The van der Waals surface area contributed by atoms with Crippen molar-refractivity contribution in [1.29, 1.82) is 0 Å². The van der Waals surface area contributed by atoms with Gasteiger partial charge in [0.2, 0.25) is 5.91 Å². The van der Waals surface area contributed by atoms with E-state index in [2.05, 4.69) is 10.6 Å². The topological polar surface area (TPSA) is 58.2 Å². The minimum Gasteiger partial charge on any atom is -0.326 e. The van der Waals surface area contributed by atoms with E-state index in [1.165, 1.54) is 12.1 Å². The first-order valence-corrected chi connectivity index (χ1v) is 13.4. The summed E-state index contributed by atoms with van der Waals surface area (Å²) in [6, 6.07) is 8.35. The molecule has 0 aliphatic heterocycles. The molecule has 3 aromatic carbocycles. The summed E-state index contributed by atoms with van der Waals surface area (Å²) in [4.78, 5) is 23.3. The van der Waals surface area contributed by atoms with Crippen LogP contribution < -0.4 is 10.6 Å². The van der Waals surface area contributed by atoms with Crippen molar-refractivity contribution < 1.29 is 37.8 Å². The quantitative estimate of drug-likeness (QED) is 0.213. The zero-order valence-electron chi connectivity index (χ0n) is 18.4. The zero-order valence-corrected chi connectivity index (χ0v) is 21.5.